The lowest BCUT2D eigenvalue weighted by atomic mass is 10.0. The second-order valence-corrected chi connectivity index (χ2v) is 11.6. The number of carbonyl (C=O) groups excluding carboxylic acids is 1. The minimum atomic E-state index is -4.15. The molecule has 9 nitrogen and oxygen atoms in total. The van der Waals surface area contributed by atoms with E-state index in [-0.39, 0.29) is 44.3 Å². The van der Waals surface area contributed by atoms with Gasteiger partial charge in [0.25, 0.3) is 5.02 Å². The van der Waals surface area contributed by atoms with E-state index in [0.29, 0.717) is 5.56 Å². The van der Waals surface area contributed by atoms with Gasteiger partial charge in [-0.3, -0.25) is 19.4 Å². The summed E-state index contributed by atoms with van der Waals surface area (Å²) in [7, 11) is -8.30. The van der Waals surface area contributed by atoms with Crippen LogP contribution in [0.3, 0.4) is 0 Å². The summed E-state index contributed by atoms with van der Waals surface area (Å²) in [4.78, 5) is 13.1. The number of benzene rings is 1. The molecule has 0 amide bonds. The van der Waals surface area contributed by atoms with Gasteiger partial charge in [-0.25, -0.2) is 0 Å². The fourth-order valence-corrected chi connectivity index (χ4v) is 8.59. The lowest BCUT2D eigenvalue weighted by Gasteiger charge is -2.38. The van der Waals surface area contributed by atoms with E-state index in [1.165, 1.54) is 0 Å². The fourth-order valence-electron chi connectivity index (χ4n) is 3.31. The van der Waals surface area contributed by atoms with Crippen LogP contribution in [0.15, 0.2) is 29.4 Å². The molecule has 1 aliphatic rings. The zero-order chi connectivity index (χ0) is 23.1. The highest BCUT2D eigenvalue weighted by Gasteiger charge is 2.68. The second kappa shape index (κ2) is 11.0. The van der Waals surface area contributed by atoms with Crippen LogP contribution < -0.4 is 5.43 Å². The summed E-state index contributed by atoms with van der Waals surface area (Å²) < 4.78 is 49.9. The third kappa shape index (κ3) is 5.03. The van der Waals surface area contributed by atoms with Crippen molar-refractivity contribution in [2.45, 2.75) is 52.5 Å². The van der Waals surface area contributed by atoms with Crippen molar-refractivity contribution in [1.29, 1.82) is 0 Å². The van der Waals surface area contributed by atoms with Crippen molar-refractivity contribution in [3.63, 3.8) is 0 Å². The number of nitrogens with zero attached hydrogens (tertiary/aromatic N) is 1. The number of rotatable bonds is 13. The van der Waals surface area contributed by atoms with Crippen molar-refractivity contribution in [1.82, 2.24) is 5.43 Å². The Labute approximate surface area is 183 Å². The van der Waals surface area contributed by atoms with Gasteiger partial charge in [0.1, 0.15) is 5.71 Å². The zero-order valence-corrected chi connectivity index (χ0v) is 20.5. The van der Waals surface area contributed by atoms with Gasteiger partial charge in [0.2, 0.25) is 5.78 Å². The van der Waals surface area contributed by atoms with Gasteiger partial charge in [0, 0.05) is 12.0 Å². The smallest absolute Gasteiger partial charge is 0.307 e. The normalized spacial score (nSPS) is 16.1. The molecule has 31 heavy (non-hydrogen) atoms. The first-order chi connectivity index (χ1) is 14.8. The third-order valence-electron chi connectivity index (χ3n) is 4.77. The third-order valence-corrected chi connectivity index (χ3v) is 11.0. The summed E-state index contributed by atoms with van der Waals surface area (Å²) in [5.41, 5.74) is 4.20. The topological polar surface area (TPSA) is 113 Å². The lowest BCUT2D eigenvalue weighted by Crippen LogP contribution is -2.42. The molecule has 2 rings (SSSR count). The molecule has 0 saturated heterocycles. The maximum Gasteiger partial charge on any atom is 0.370 e. The standard InChI is InChI=1S/C20H32N2O7P2/c1-6-16-11-13-17(14-12-16)19(23)18-15-20(22-21-18,30(24,26-7-2)27-8-3)31(25,28-9-4)29-10-5/h11-14,22H,6-10,15H2,1-5H3. The Hall–Kier alpha value is -1.34. The minimum Gasteiger partial charge on any atom is -0.307 e. The number of Topliss-reactive ketones (excluding diaryl/α,β-unsaturated/α-hetero) is 1. The number of nitrogens with one attached hydrogen (secondary N) is 1. The Balaban J connectivity index is 2.51. The molecule has 0 bridgehead atoms. The number of ketones is 1. The van der Waals surface area contributed by atoms with Crippen LogP contribution >= 0.6 is 15.2 Å². The highest BCUT2D eigenvalue weighted by Crippen LogP contribution is 2.78. The molecule has 0 aromatic heterocycles. The highest BCUT2D eigenvalue weighted by atomic mass is 31.2. The number of hydrogen-bond acceptors (Lipinski definition) is 9. The largest absolute Gasteiger partial charge is 0.370 e. The van der Waals surface area contributed by atoms with Crippen molar-refractivity contribution >= 4 is 26.7 Å². The van der Waals surface area contributed by atoms with Crippen LogP contribution in [-0.2, 0) is 33.6 Å². The zero-order valence-electron chi connectivity index (χ0n) is 18.8. The molecule has 1 aromatic rings. The number of aryl methyl sites for hydroxylation is 1. The Morgan fingerprint density at radius 2 is 1.35 bits per heavy atom. The molecule has 1 aliphatic heterocycles. The summed E-state index contributed by atoms with van der Waals surface area (Å²) in [6.45, 7) is 8.70. The summed E-state index contributed by atoms with van der Waals surface area (Å²) >= 11 is 0. The van der Waals surface area contributed by atoms with Gasteiger partial charge in [-0.2, -0.15) is 5.10 Å². The van der Waals surface area contributed by atoms with Crippen molar-refractivity contribution in [2.75, 3.05) is 26.4 Å². The summed E-state index contributed by atoms with van der Waals surface area (Å²) in [5, 5.41) is 2.16. The quantitative estimate of drug-likeness (QED) is 0.315. The van der Waals surface area contributed by atoms with Crippen LogP contribution in [-0.4, -0.2) is 42.9 Å². The Kier molecular flexibility index (Phi) is 9.19. The maximum atomic E-state index is 13.9. The first kappa shape index (κ1) is 25.9. The van der Waals surface area contributed by atoms with Crippen LogP contribution in [0.25, 0.3) is 0 Å². The summed E-state index contributed by atoms with van der Waals surface area (Å²) in [6.07, 6.45) is 0.549. The molecule has 0 aliphatic carbocycles. The van der Waals surface area contributed by atoms with Crippen LogP contribution in [0, 0.1) is 0 Å². The SMILES string of the molecule is CCOP(=O)(OCC)C1(P(=O)(OCC)OCC)CC(C(=O)c2ccc(CC)cc2)=NN1. The summed E-state index contributed by atoms with van der Waals surface area (Å²) in [5.74, 6) is -0.379. The first-order valence-electron chi connectivity index (χ1n) is 10.5. The molecule has 0 fully saturated rings. The first-order valence-corrected chi connectivity index (χ1v) is 13.6. The maximum absolute atomic E-state index is 13.9. The van der Waals surface area contributed by atoms with Crippen molar-refractivity contribution in [3.05, 3.63) is 35.4 Å². The van der Waals surface area contributed by atoms with Gasteiger partial charge < -0.3 is 18.1 Å². The van der Waals surface area contributed by atoms with E-state index in [2.05, 4.69) is 10.5 Å². The van der Waals surface area contributed by atoms with Gasteiger partial charge in [-0.05, 0) is 39.7 Å². The Bertz CT molecular complexity index is 836. The van der Waals surface area contributed by atoms with E-state index in [0.717, 1.165) is 12.0 Å². The van der Waals surface area contributed by atoms with E-state index in [9.17, 15) is 13.9 Å². The molecule has 174 valence electrons. The number of hydrazone groups is 1. The molecule has 0 radical (unpaired) electrons. The molecule has 1 aromatic carbocycles. The molecule has 0 spiro atoms. The molecule has 11 heteroatoms. The van der Waals surface area contributed by atoms with Gasteiger partial charge in [0.05, 0.1) is 26.4 Å². The van der Waals surface area contributed by atoms with E-state index in [4.69, 9.17) is 18.1 Å². The van der Waals surface area contributed by atoms with Crippen molar-refractivity contribution in [3.8, 4) is 0 Å². The fraction of sp³-hybridized carbons (Fsp3) is 0.600. The minimum absolute atomic E-state index is 0.0285. The van der Waals surface area contributed by atoms with Gasteiger partial charge >= 0.3 is 15.2 Å². The Morgan fingerprint density at radius 1 is 0.903 bits per heavy atom. The molecule has 1 N–H and O–H groups in total. The molecular weight excluding hydrogens is 442 g/mol. The molecule has 0 atom stereocenters. The summed E-state index contributed by atoms with van der Waals surface area (Å²) in [6, 6.07) is 7.14. The predicted octanol–water partition coefficient (Wildman–Crippen LogP) is 4.97. The van der Waals surface area contributed by atoms with E-state index >= 15 is 0 Å². The van der Waals surface area contributed by atoms with Crippen molar-refractivity contribution < 1.29 is 32.0 Å². The van der Waals surface area contributed by atoms with E-state index in [1.54, 1.807) is 39.8 Å². The Morgan fingerprint density at radius 3 is 1.74 bits per heavy atom. The molecular formula is C20H32N2O7P2. The highest BCUT2D eigenvalue weighted by molar-refractivity contribution is 7.74. The number of hydrogen-bond donors (Lipinski definition) is 1. The van der Waals surface area contributed by atoms with Gasteiger partial charge in [0.15, 0.2) is 0 Å². The monoisotopic (exact) mass is 474 g/mol. The molecule has 0 unspecified atom stereocenters. The van der Waals surface area contributed by atoms with Crippen LogP contribution in [0.5, 0.6) is 0 Å². The predicted molar refractivity (Wildman–Crippen MR) is 120 cm³/mol. The van der Waals surface area contributed by atoms with Crippen LogP contribution in [0.4, 0.5) is 0 Å². The number of carbonyl (C=O) groups is 1. The molecule has 0 saturated carbocycles. The lowest BCUT2D eigenvalue weighted by molar-refractivity contribution is 0.106. The van der Waals surface area contributed by atoms with Crippen LogP contribution in [0.2, 0.25) is 0 Å². The average Bonchev–Trinajstić information content (AvgIpc) is 3.22. The van der Waals surface area contributed by atoms with E-state index < -0.39 is 20.2 Å². The molecule has 1 heterocycles. The van der Waals surface area contributed by atoms with Gasteiger partial charge in [-0.1, -0.05) is 31.2 Å². The average molecular weight is 474 g/mol. The second-order valence-electron chi connectivity index (χ2n) is 6.71. The van der Waals surface area contributed by atoms with E-state index in [1.807, 2.05) is 19.1 Å². The van der Waals surface area contributed by atoms with Crippen LogP contribution in [0.1, 0.15) is 57.0 Å². The van der Waals surface area contributed by atoms with Crippen molar-refractivity contribution in [2.24, 2.45) is 5.10 Å². The van der Waals surface area contributed by atoms with Gasteiger partial charge in [-0.15, -0.1) is 0 Å².